The third kappa shape index (κ3) is 4.04. The van der Waals surface area contributed by atoms with Crippen LogP contribution in [-0.2, 0) is 16.4 Å². The van der Waals surface area contributed by atoms with Gasteiger partial charge in [-0.25, -0.2) is 23.1 Å². The van der Waals surface area contributed by atoms with E-state index in [1.165, 1.54) is 12.6 Å². The quantitative estimate of drug-likeness (QED) is 0.523. The number of nitrogens with zero attached hydrogens (tertiary/aromatic N) is 4. The molecule has 29 heavy (non-hydrogen) atoms. The normalized spacial score (nSPS) is 11.5. The Balaban J connectivity index is 1.56. The fourth-order valence-corrected chi connectivity index (χ4v) is 3.56. The SMILES string of the molecule is COc1ccc(-n2ccc(CNc3ncnc4ccc(S(C)(=O)=O)cc34)n2)cc1. The molecule has 0 atom stereocenters. The van der Waals surface area contributed by atoms with Crippen LogP contribution in [0.1, 0.15) is 5.69 Å². The summed E-state index contributed by atoms with van der Waals surface area (Å²) in [7, 11) is -1.69. The number of nitrogens with one attached hydrogen (secondary N) is 1. The third-order valence-electron chi connectivity index (χ3n) is 4.45. The lowest BCUT2D eigenvalue weighted by molar-refractivity contribution is 0.414. The number of fused-ring (bicyclic) bond motifs is 1. The van der Waals surface area contributed by atoms with Gasteiger partial charge in [0.05, 0.1) is 35.4 Å². The Kier molecular flexibility index (Phi) is 4.89. The van der Waals surface area contributed by atoms with Crippen molar-refractivity contribution in [3.8, 4) is 11.4 Å². The standard InChI is InChI=1S/C20H19N5O3S/c1-28-16-5-3-15(4-6-16)25-10-9-14(24-25)12-21-20-18-11-17(29(2,26)27)7-8-19(18)22-13-23-20/h3-11,13H,12H2,1-2H3,(H,21,22,23). The Morgan fingerprint density at radius 2 is 1.86 bits per heavy atom. The zero-order valence-electron chi connectivity index (χ0n) is 15.9. The van der Waals surface area contributed by atoms with Crippen molar-refractivity contribution in [1.29, 1.82) is 0 Å². The Morgan fingerprint density at radius 1 is 1.07 bits per heavy atom. The first kappa shape index (κ1) is 18.9. The number of aromatic nitrogens is 4. The Hall–Kier alpha value is -3.46. The van der Waals surface area contributed by atoms with Gasteiger partial charge in [0.1, 0.15) is 17.9 Å². The number of sulfone groups is 1. The maximum atomic E-state index is 11.9. The minimum atomic E-state index is -3.32. The van der Waals surface area contributed by atoms with Gasteiger partial charge < -0.3 is 10.1 Å². The molecule has 2 heterocycles. The maximum absolute atomic E-state index is 11.9. The second-order valence-electron chi connectivity index (χ2n) is 6.48. The number of hydrogen-bond acceptors (Lipinski definition) is 7. The molecule has 8 nitrogen and oxygen atoms in total. The molecule has 0 radical (unpaired) electrons. The van der Waals surface area contributed by atoms with Crippen LogP contribution in [-0.4, -0.2) is 41.5 Å². The van der Waals surface area contributed by atoms with Crippen LogP contribution in [0.2, 0.25) is 0 Å². The van der Waals surface area contributed by atoms with Crippen molar-refractivity contribution in [2.45, 2.75) is 11.4 Å². The fourth-order valence-electron chi connectivity index (χ4n) is 2.92. The molecule has 2 aromatic carbocycles. The van der Waals surface area contributed by atoms with Crippen LogP contribution in [0.4, 0.5) is 5.82 Å². The molecule has 0 saturated heterocycles. The zero-order chi connectivity index (χ0) is 20.4. The summed E-state index contributed by atoms with van der Waals surface area (Å²) in [6, 6.07) is 14.3. The largest absolute Gasteiger partial charge is 0.497 e. The van der Waals surface area contributed by atoms with E-state index in [1.807, 2.05) is 36.5 Å². The molecule has 9 heteroatoms. The minimum absolute atomic E-state index is 0.228. The van der Waals surface area contributed by atoms with Gasteiger partial charge in [-0.05, 0) is 48.5 Å². The summed E-state index contributed by atoms with van der Waals surface area (Å²) in [5.41, 5.74) is 2.40. The highest BCUT2D eigenvalue weighted by molar-refractivity contribution is 7.90. The molecule has 0 unspecified atom stereocenters. The highest BCUT2D eigenvalue weighted by Gasteiger charge is 2.11. The van der Waals surface area contributed by atoms with E-state index < -0.39 is 9.84 Å². The van der Waals surface area contributed by atoms with E-state index in [4.69, 9.17) is 4.74 Å². The molecule has 148 valence electrons. The molecule has 0 saturated carbocycles. The Morgan fingerprint density at radius 3 is 2.59 bits per heavy atom. The maximum Gasteiger partial charge on any atom is 0.175 e. The van der Waals surface area contributed by atoms with E-state index in [-0.39, 0.29) is 4.90 Å². The minimum Gasteiger partial charge on any atom is -0.497 e. The predicted octanol–water partition coefficient (Wildman–Crippen LogP) is 2.84. The number of anilines is 1. The summed E-state index contributed by atoms with van der Waals surface area (Å²) < 4.78 is 30.7. The first-order valence-corrected chi connectivity index (χ1v) is 10.7. The van der Waals surface area contributed by atoms with E-state index >= 15 is 0 Å². The summed E-state index contributed by atoms with van der Waals surface area (Å²) in [6.45, 7) is 0.429. The van der Waals surface area contributed by atoms with Crippen molar-refractivity contribution in [1.82, 2.24) is 19.7 Å². The number of ether oxygens (including phenoxy) is 1. The van der Waals surface area contributed by atoms with Gasteiger partial charge in [-0.15, -0.1) is 0 Å². The zero-order valence-corrected chi connectivity index (χ0v) is 16.7. The molecular formula is C20H19N5O3S. The van der Waals surface area contributed by atoms with Gasteiger partial charge in [0.2, 0.25) is 0 Å². The van der Waals surface area contributed by atoms with Crippen molar-refractivity contribution in [3.05, 3.63) is 66.7 Å². The van der Waals surface area contributed by atoms with Crippen molar-refractivity contribution in [3.63, 3.8) is 0 Å². The molecule has 0 aliphatic carbocycles. The van der Waals surface area contributed by atoms with Crippen LogP contribution in [0.3, 0.4) is 0 Å². The Labute approximate surface area is 168 Å². The van der Waals surface area contributed by atoms with Gasteiger partial charge >= 0.3 is 0 Å². The lowest BCUT2D eigenvalue weighted by Gasteiger charge is -2.08. The van der Waals surface area contributed by atoms with Crippen LogP contribution in [0.15, 0.2) is 66.0 Å². The first-order valence-electron chi connectivity index (χ1n) is 8.82. The smallest absolute Gasteiger partial charge is 0.175 e. The molecule has 0 aliphatic heterocycles. The van der Waals surface area contributed by atoms with Crippen molar-refractivity contribution < 1.29 is 13.2 Å². The van der Waals surface area contributed by atoms with E-state index in [2.05, 4.69) is 20.4 Å². The Bertz CT molecular complexity index is 1270. The van der Waals surface area contributed by atoms with Gasteiger partial charge in [-0.1, -0.05) is 0 Å². The molecule has 1 N–H and O–H groups in total. The lowest BCUT2D eigenvalue weighted by Crippen LogP contribution is -2.05. The van der Waals surface area contributed by atoms with Crippen LogP contribution in [0, 0.1) is 0 Å². The highest BCUT2D eigenvalue weighted by atomic mass is 32.2. The van der Waals surface area contributed by atoms with Crippen LogP contribution >= 0.6 is 0 Å². The van der Waals surface area contributed by atoms with Crippen molar-refractivity contribution in [2.24, 2.45) is 0 Å². The fraction of sp³-hybridized carbons (Fsp3) is 0.150. The van der Waals surface area contributed by atoms with Gasteiger partial charge in [0.25, 0.3) is 0 Å². The van der Waals surface area contributed by atoms with E-state index in [1.54, 1.807) is 30.0 Å². The molecule has 4 rings (SSSR count). The predicted molar refractivity (Wildman–Crippen MR) is 110 cm³/mol. The van der Waals surface area contributed by atoms with Crippen molar-refractivity contribution >= 4 is 26.6 Å². The topological polar surface area (TPSA) is 99.0 Å². The van der Waals surface area contributed by atoms with Crippen molar-refractivity contribution in [2.75, 3.05) is 18.7 Å². The third-order valence-corrected chi connectivity index (χ3v) is 5.56. The number of hydrogen-bond donors (Lipinski definition) is 1. The number of methoxy groups -OCH3 is 1. The second-order valence-corrected chi connectivity index (χ2v) is 8.49. The van der Waals surface area contributed by atoms with Crippen LogP contribution in [0.25, 0.3) is 16.6 Å². The molecule has 0 aliphatic rings. The average molecular weight is 409 g/mol. The molecule has 4 aromatic rings. The molecule has 0 bridgehead atoms. The molecule has 0 spiro atoms. The van der Waals surface area contributed by atoms with E-state index in [0.717, 1.165) is 17.1 Å². The summed E-state index contributed by atoms with van der Waals surface area (Å²) >= 11 is 0. The summed E-state index contributed by atoms with van der Waals surface area (Å²) in [4.78, 5) is 8.69. The second kappa shape index (κ2) is 7.51. The van der Waals surface area contributed by atoms with E-state index in [9.17, 15) is 8.42 Å². The van der Waals surface area contributed by atoms with Gasteiger partial charge in [-0.3, -0.25) is 0 Å². The lowest BCUT2D eigenvalue weighted by atomic mass is 10.2. The average Bonchev–Trinajstić information content (AvgIpc) is 3.20. The van der Waals surface area contributed by atoms with E-state index in [0.29, 0.717) is 23.3 Å². The summed E-state index contributed by atoms with van der Waals surface area (Å²) in [6.07, 6.45) is 4.50. The molecule has 0 fully saturated rings. The molecule has 0 amide bonds. The summed E-state index contributed by atoms with van der Waals surface area (Å²) in [5.74, 6) is 1.34. The van der Waals surface area contributed by atoms with Gasteiger partial charge in [0, 0.05) is 17.8 Å². The monoisotopic (exact) mass is 409 g/mol. The number of rotatable bonds is 6. The number of benzene rings is 2. The van der Waals surface area contributed by atoms with Crippen LogP contribution < -0.4 is 10.1 Å². The highest BCUT2D eigenvalue weighted by Crippen LogP contribution is 2.23. The van der Waals surface area contributed by atoms with Crippen LogP contribution in [0.5, 0.6) is 5.75 Å². The molecular weight excluding hydrogens is 390 g/mol. The van der Waals surface area contributed by atoms with Gasteiger partial charge in [-0.2, -0.15) is 5.10 Å². The van der Waals surface area contributed by atoms with Gasteiger partial charge in [0.15, 0.2) is 9.84 Å². The molecule has 2 aromatic heterocycles. The first-order chi connectivity index (χ1) is 13.9. The summed E-state index contributed by atoms with van der Waals surface area (Å²) in [5, 5.41) is 8.43.